The first kappa shape index (κ1) is 12.9. The van der Waals surface area contributed by atoms with Crippen molar-refractivity contribution in [1.82, 2.24) is 15.5 Å². The van der Waals surface area contributed by atoms with Crippen LogP contribution >= 0.6 is 0 Å². The molecule has 1 aliphatic rings. The van der Waals surface area contributed by atoms with E-state index in [-0.39, 0.29) is 0 Å². The summed E-state index contributed by atoms with van der Waals surface area (Å²) in [4.78, 5) is 6.58. The Kier molecular flexibility index (Phi) is 6.43. The van der Waals surface area contributed by atoms with Crippen molar-refractivity contribution in [3.63, 3.8) is 0 Å². The van der Waals surface area contributed by atoms with Crippen LogP contribution in [0.3, 0.4) is 0 Å². The number of piperidine rings is 1. The predicted molar refractivity (Wildman–Crippen MR) is 68.5 cm³/mol. The minimum Gasteiger partial charge on any atom is -0.355 e. The van der Waals surface area contributed by atoms with Crippen molar-refractivity contribution in [2.45, 2.75) is 19.3 Å². The zero-order valence-electron chi connectivity index (χ0n) is 10.1. The summed E-state index contributed by atoms with van der Waals surface area (Å²) in [6.45, 7) is 4.99. The Morgan fingerprint density at radius 1 is 1.31 bits per heavy atom. The molecule has 1 heterocycles. The maximum Gasteiger partial charge on any atom is 0.191 e. The standard InChI is InChI=1S/C12H22N4/c1-3-7-14-12(13-2)15-8-11-16-9-5-4-6-10-16/h1H,4-11H2,2H3,(H2,13,14,15). The van der Waals surface area contributed by atoms with Crippen LogP contribution in [-0.2, 0) is 0 Å². The largest absolute Gasteiger partial charge is 0.355 e. The van der Waals surface area contributed by atoms with Crippen LogP contribution in [-0.4, -0.2) is 50.6 Å². The second-order valence-corrected chi connectivity index (χ2v) is 3.96. The van der Waals surface area contributed by atoms with Gasteiger partial charge in [-0.1, -0.05) is 12.3 Å². The molecule has 90 valence electrons. The molecule has 2 N–H and O–H groups in total. The Hall–Kier alpha value is -1.21. The molecule has 1 aliphatic heterocycles. The van der Waals surface area contributed by atoms with Gasteiger partial charge in [0.1, 0.15) is 0 Å². The van der Waals surface area contributed by atoms with Crippen molar-refractivity contribution in [2.24, 2.45) is 4.99 Å². The predicted octanol–water partition coefficient (Wildman–Crippen LogP) is 0.270. The number of guanidine groups is 1. The van der Waals surface area contributed by atoms with E-state index in [9.17, 15) is 0 Å². The van der Waals surface area contributed by atoms with Crippen LogP contribution in [0.5, 0.6) is 0 Å². The summed E-state index contributed by atoms with van der Waals surface area (Å²) in [6, 6.07) is 0. The van der Waals surface area contributed by atoms with Crippen molar-refractivity contribution in [1.29, 1.82) is 0 Å². The average Bonchev–Trinajstić information content (AvgIpc) is 2.35. The third-order valence-electron chi connectivity index (χ3n) is 2.75. The number of nitrogens with zero attached hydrogens (tertiary/aromatic N) is 2. The summed E-state index contributed by atoms with van der Waals surface area (Å²) in [7, 11) is 1.76. The molecule has 1 fully saturated rings. The van der Waals surface area contributed by atoms with Gasteiger partial charge in [0.15, 0.2) is 5.96 Å². The van der Waals surface area contributed by atoms with Gasteiger partial charge < -0.3 is 15.5 Å². The second-order valence-electron chi connectivity index (χ2n) is 3.96. The summed E-state index contributed by atoms with van der Waals surface area (Å²) in [6.07, 6.45) is 9.23. The van der Waals surface area contributed by atoms with Gasteiger partial charge in [0.05, 0.1) is 6.54 Å². The average molecular weight is 222 g/mol. The SMILES string of the molecule is C#CCNC(=NC)NCCN1CCCCC1. The minimum atomic E-state index is 0.517. The first-order valence-corrected chi connectivity index (χ1v) is 5.97. The number of nitrogens with one attached hydrogen (secondary N) is 2. The third kappa shape index (κ3) is 5.04. The quantitative estimate of drug-likeness (QED) is 0.407. The molecule has 0 spiro atoms. The van der Waals surface area contributed by atoms with Gasteiger partial charge in [-0.05, 0) is 25.9 Å². The van der Waals surface area contributed by atoms with E-state index < -0.39 is 0 Å². The molecule has 16 heavy (non-hydrogen) atoms. The maximum absolute atomic E-state index is 5.17. The van der Waals surface area contributed by atoms with Gasteiger partial charge in [-0.3, -0.25) is 4.99 Å². The Bertz CT molecular complexity index is 248. The smallest absolute Gasteiger partial charge is 0.191 e. The van der Waals surface area contributed by atoms with Gasteiger partial charge in [-0.2, -0.15) is 0 Å². The minimum absolute atomic E-state index is 0.517. The molecule has 1 rings (SSSR count). The van der Waals surface area contributed by atoms with E-state index in [1.165, 1.54) is 32.4 Å². The Balaban J connectivity index is 2.10. The van der Waals surface area contributed by atoms with Crippen molar-refractivity contribution >= 4 is 5.96 Å². The van der Waals surface area contributed by atoms with E-state index in [4.69, 9.17) is 6.42 Å². The summed E-state index contributed by atoms with van der Waals surface area (Å²) in [5.74, 6) is 3.32. The fourth-order valence-electron chi connectivity index (χ4n) is 1.87. The monoisotopic (exact) mass is 222 g/mol. The second kappa shape index (κ2) is 8.00. The van der Waals surface area contributed by atoms with Crippen molar-refractivity contribution in [3.8, 4) is 12.3 Å². The van der Waals surface area contributed by atoms with Crippen LogP contribution < -0.4 is 10.6 Å². The van der Waals surface area contributed by atoms with Crippen molar-refractivity contribution in [2.75, 3.05) is 39.8 Å². The van der Waals surface area contributed by atoms with E-state index in [0.717, 1.165) is 19.0 Å². The zero-order chi connectivity index (χ0) is 11.6. The van der Waals surface area contributed by atoms with Crippen LogP contribution in [0.15, 0.2) is 4.99 Å². The molecular formula is C12H22N4. The molecule has 4 heteroatoms. The molecule has 0 atom stereocenters. The van der Waals surface area contributed by atoms with Crippen molar-refractivity contribution < 1.29 is 0 Å². The van der Waals surface area contributed by atoms with Crippen LogP contribution in [0.25, 0.3) is 0 Å². The van der Waals surface area contributed by atoms with Gasteiger partial charge in [0, 0.05) is 20.1 Å². The topological polar surface area (TPSA) is 39.7 Å². The molecule has 0 aliphatic carbocycles. The fraction of sp³-hybridized carbons (Fsp3) is 0.750. The van der Waals surface area contributed by atoms with Crippen LogP contribution in [0.2, 0.25) is 0 Å². The number of hydrogen-bond donors (Lipinski definition) is 2. The lowest BCUT2D eigenvalue weighted by atomic mass is 10.1. The van der Waals surface area contributed by atoms with E-state index in [1.807, 2.05) is 0 Å². The number of likely N-dealkylation sites (tertiary alicyclic amines) is 1. The van der Waals surface area contributed by atoms with Crippen LogP contribution in [0.1, 0.15) is 19.3 Å². The highest BCUT2D eigenvalue weighted by atomic mass is 15.2. The molecule has 0 aromatic heterocycles. The number of rotatable bonds is 4. The molecule has 0 aromatic rings. The highest BCUT2D eigenvalue weighted by Gasteiger charge is 2.08. The van der Waals surface area contributed by atoms with E-state index in [0.29, 0.717) is 6.54 Å². The molecule has 4 nitrogen and oxygen atoms in total. The third-order valence-corrected chi connectivity index (χ3v) is 2.75. The van der Waals surface area contributed by atoms with Crippen LogP contribution in [0, 0.1) is 12.3 Å². The van der Waals surface area contributed by atoms with Gasteiger partial charge in [0.25, 0.3) is 0 Å². The molecule has 0 bridgehead atoms. The molecule has 0 radical (unpaired) electrons. The normalized spacial score (nSPS) is 17.9. The molecule has 0 saturated carbocycles. The lowest BCUT2D eigenvalue weighted by molar-refractivity contribution is 0.232. The summed E-state index contributed by atoms with van der Waals surface area (Å²) in [5.41, 5.74) is 0. The highest BCUT2D eigenvalue weighted by molar-refractivity contribution is 5.79. The molecule has 0 unspecified atom stereocenters. The fourth-order valence-corrected chi connectivity index (χ4v) is 1.87. The number of terminal acetylenes is 1. The van der Waals surface area contributed by atoms with Gasteiger partial charge in [-0.25, -0.2) is 0 Å². The Morgan fingerprint density at radius 2 is 2.06 bits per heavy atom. The molecule has 0 amide bonds. The Labute approximate surface area is 98.5 Å². The van der Waals surface area contributed by atoms with E-state index in [2.05, 4.69) is 26.4 Å². The number of hydrogen-bond acceptors (Lipinski definition) is 2. The van der Waals surface area contributed by atoms with E-state index >= 15 is 0 Å². The zero-order valence-corrected chi connectivity index (χ0v) is 10.1. The van der Waals surface area contributed by atoms with Crippen LogP contribution in [0.4, 0.5) is 0 Å². The Morgan fingerprint density at radius 3 is 2.69 bits per heavy atom. The number of aliphatic imine (C=N–C) groups is 1. The van der Waals surface area contributed by atoms with Gasteiger partial charge in [0.2, 0.25) is 0 Å². The molecule has 0 aromatic carbocycles. The lowest BCUT2D eigenvalue weighted by Crippen LogP contribution is -2.42. The maximum atomic E-state index is 5.17. The molecular weight excluding hydrogens is 200 g/mol. The first-order chi connectivity index (χ1) is 7.86. The first-order valence-electron chi connectivity index (χ1n) is 5.97. The summed E-state index contributed by atoms with van der Waals surface area (Å²) < 4.78 is 0. The highest BCUT2D eigenvalue weighted by Crippen LogP contribution is 2.07. The summed E-state index contributed by atoms with van der Waals surface area (Å²) >= 11 is 0. The van der Waals surface area contributed by atoms with Gasteiger partial charge in [-0.15, -0.1) is 6.42 Å². The summed E-state index contributed by atoms with van der Waals surface area (Å²) in [5, 5.41) is 6.29. The van der Waals surface area contributed by atoms with Crippen molar-refractivity contribution in [3.05, 3.63) is 0 Å². The van der Waals surface area contributed by atoms with Gasteiger partial charge >= 0.3 is 0 Å². The lowest BCUT2D eigenvalue weighted by Gasteiger charge is -2.26. The van der Waals surface area contributed by atoms with E-state index in [1.54, 1.807) is 7.05 Å². The molecule has 1 saturated heterocycles.